The molecular weight excluding hydrogens is 356 g/mol. The number of nitrogens with one attached hydrogen (secondary N) is 1. The topological polar surface area (TPSA) is 80.9 Å². The summed E-state index contributed by atoms with van der Waals surface area (Å²) >= 11 is 0. The minimum absolute atomic E-state index is 0.000340. The monoisotopic (exact) mass is 374 g/mol. The van der Waals surface area contributed by atoms with Crippen LogP contribution in [0.1, 0.15) is 11.1 Å². The maximum atomic E-state index is 9.39. The number of imidazole rings is 1. The van der Waals surface area contributed by atoms with Crippen molar-refractivity contribution in [2.24, 2.45) is 0 Å². The molecule has 2 aromatic carbocycles. The first kappa shape index (κ1) is 16.6. The maximum Gasteiger partial charge on any atom is 0.231 e. The van der Waals surface area contributed by atoms with Gasteiger partial charge in [0.05, 0.1) is 18.5 Å². The van der Waals surface area contributed by atoms with E-state index in [-0.39, 0.29) is 13.4 Å². The Morgan fingerprint density at radius 1 is 1.00 bits per heavy atom. The van der Waals surface area contributed by atoms with Crippen molar-refractivity contribution in [3.63, 3.8) is 0 Å². The molecule has 140 valence electrons. The molecule has 0 saturated heterocycles. The van der Waals surface area contributed by atoms with Crippen molar-refractivity contribution >= 4 is 11.5 Å². The number of aliphatic hydroxyl groups is 1. The summed E-state index contributed by atoms with van der Waals surface area (Å²) in [6, 6.07) is 17.4. The highest BCUT2D eigenvalue weighted by molar-refractivity contribution is 5.64. The first-order valence-corrected chi connectivity index (χ1v) is 8.97. The Kier molecular flexibility index (Phi) is 4.06. The summed E-state index contributed by atoms with van der Waals surface area (Å²) in [4.78, 5) is 4.43. The lowest BCUT2D eigenvalue weighted by Crippen LogP contribution is -2.04. The molecule has 4 aromatic rings. The predicted molar refractivity (Wildman–Crippen MR) is 104 cm³/mol. The first-order chi connectivity index (χ1) is 13.8. The van der Waals surface area contributed by atoms with E-state index in [1.54, 1.807) is 10.7 Å². The van der Waals surface area contributed by atoms with Crippen LogP contribution < -0.4 is 14.8 Å². The quantitative estimate of drug-likeness (QED) is 0.558. The van der Waals surface area contributed by atoms with Gasteiger partial charge in [-0.05, 0) is 41.5 Å². The van der Waals surface area contributed by atoms with Gasteiger partial charge in [0.2, 0.25) is 6.79 Å². The maximum absolute atomic E-state index is 9.39. The molecule has 5 rings (SSSR count). The van der Waals surface area contributed by atoms with Crippen LogP contribution in [0.2, 0.25) is 0 Å². The lowest BCUT2D eigenvalue weighted by molar-refractivity contribution is 0.174. The van der Waals surface area contributed by atoms with Gasteiger partial charge < -0.3 is 19.9 Å². The Hall–Kier alpha value is -3.58. The van der Waals surface area contributed by atoms with Crippen molar-refractivity contribution in [2.45, 2.75) is 13.2 Å². The lowest BCUT2D eigenvalue weighted by atomic mass is 10.1. The Bertz CT molecular complexity index is 1160. The third kappa shape index (κ3) is 3.01. The Balaban J connectivity index is 1.41. The molecule has 0 unspecified atom stereocenters. The second kappa shape index (κ2) is 6.86. The number of benzene rings is 2. The number of fused-ring (bicyclic) bond motifs is 2. The van der Waals surface area contributed by atoms with Crippen molar-refractivity contribution in [3.8, 4) is 22.8 Å². The molecule has 2 aromatic heterocycles. The van der Waals surface area contributed by atoms with Crippen LogP contribution >= 0.6 is 0 Å². The predicted octanol–water partition coefficient (Wildman–Crippen LogP) is 3.23. The van der Waals surface area contributed by atoms with E-state index in [0.717, 1.165) is 45.3 Å². The largest absolute Gasteiger partial charge is 0.454 e. The number of anilines is 1. The van der Waals surface area contributed by atoms with Gasteiger partial charge in [0.25, 0.3) is 0 Å². The molecule has 7 nitrogen and oxygen atoms in total. The average molecular weight is 374 g/mol. The van der Waals surface area contributed by atoms with Crippen LogP contribution in [0.5, 0.6) is 11.5 Å². The number of nitrogens with zero attached hydrogens (tertiary/aromatic N) is 3. The highest BCUT2D eigenvalue weighted by Gasteiger charge is 2.13. The van der Waals surface area contributed by atoms with E-state index < -0.39 is 0 Å². The van der Waals surface area contributed by atoms with Gasteiger partial charge in [0.15, 0.2) is 17.1 Å². The van der Waals surface area contributed by atoms with Crippen LogP contribution in [0.4, 0.5) is 5.82 Å². The third-order valence-corrected chi connectivity index (χ3v) is 4.68. The lowest BCUT2D eigenvalue weighted by Gasteiger charge is -2.08. The highest BCUT2D eigenvalue weighted by Crippen LogP contribution is 2.32. The number of aromatic nitrogens is 3. The third-order valence-electron chi connectivity index (χ3n) is 4.68. The van der Waals surface area contributed by atoms with E-state index in [1.165, 1.54) is 0 Å². The average Bonchev–Trinajstić information content (AvgIpc) is 3.38. The standard InChI is InChI=1S/C21H18N4O3/c26-12-15-2-1-3-16(8-15)17-11-23-21-7-6-20(24-25(17)21)22-10-14-4-5-18-19(9-14)28-13-27-18/h1-9,11,26H,10,12-13H2,(H,22,24). The number of ether oxygens (including phenoxy) is 2. The molecule has 1 aliphatic rings. The molecule has 0 bridgehead atoms. The summed E-state index contributed by atoms with van der Waals surface area (Å²) in [6.45, 7) is 0.880. The van der Waals surface area contributed by atoms with Crippen molar-refractivity contribution in [2.75, 3.05) is 12.1 Å². The Morgan fingerprint density at radius 3 is 2.86 bits per heavy atom. The fraction of sp³-hybridized carbons (Fsp3) is 0.143. The van der Waals surface area contributed by atoms with E-state index in [9.17, 15) is 5.11 Å². The van der Waals surface area contributed by atoms with E-state index in [2.05, 4.69) is 15.4 Å². The van der Waals surface area contributed by atoms with Crippen LogP contribution in [-0.4, -0.2) is 26.5 Å². The molecule has 0 aliphatic carbocycles. The van der Waals surface area contributed by atoms with Crippen LogP contribution in [0, 0.1) is 0 Å². The van der Waals surface area contributed by atoms with Gasteiger partial charge >= 0.3 is 0 Å². The fourth-order valence-corrected chi connectivity index (χ4v) is 3.24. The summed E-state index contributed by atoms with van der Waals surface area (Å²) < 4.78 is 12.6. The van der Waals surface area contributed by atoms with Crippen LogP contribution in [-0.2, 0) is 13.2 Å². The summed E-state index contributed by atoms with van der Waals surface area (Å²) in [5.74, 6) is 2.28. The van der Waals surface area contributed by atoms with Crippen molar-refractivity contribution < 1.29 is 14.6 Å². The minimum atomic E-state index is 0.000340. The van der Waals surface area contributed by atoms with E-state index in [0.29, 0.717) is 6.54 Å². The zero-order valence-electron chi connectivity index (χ0n) is 15.0. The number of hydrogen-bond donors (Lipinski definition) is 2. The molecule has 0 amide bonds. The zero-order valence-corrected chi connectivity index (χ0v) is 15.0. The van der Waals surface area contributed by atoms with Crippen LogP contribution in [0.15, 0.2) is 60.8 Å². The highest BCUT2D eigenvalue weighted by atomic mass is 16.7. The van der Waals surface area contributed by atoms with Crippen molar-refractivity contribution in [1.29, 1.82) is 0 Å². The summed E-state index contributed by atoms with van der Waals surface area (Å²) in [6.07, 6.45) is 1.79. The van der Waals surface area contributed by atoms with Gasteiger partial charge in [-0.15, -0.1) is 5.10 Å². The normalized spacial score (nSPS) is 12.5. The SMILES string of the molecule is OCc1cccc(-c2cnc3ccc(NCc4ccc5c(c4)OCO5)nn23)c1. The summed E-state index contributed by atoms with van der Waals surface area (Å²) in [5.41, 5.74) is 4.52. The molecule has 2 N–H and O–H groups in total. The molecule has 0 spiro atoms. The molecule has 0 radical (unpaired) electrons. The van der Waals surface area contributed by atoms with Crippen LogP contribution in [0.3, 0.4) is 0 Å². The van der Waals surface area contributed by atoms with E-state index in [4.69, 9.17) is 9.47 Å². The molecule has 7 heteroatoms. The number of rotatable bonds is 5. The summed E-state index contributed by atoms with van der Waals surface area (Å²) in [7, 11) is 0. The van der Waals surface area contributed by atoms with Gasteiger partial charge in [0.1, 0.15) is 5.82 Å². The minimum Gasteiger partial charge on any atom is -0.454 e. The van der Waals surface area contributed by atoms with Gasteiger partial charge in [-0.2, -0.15) is 0 Å². The van der Waals surface area contributed by atoms with Gasteiger partial charge in [-0.25, -0.2) is 9.50 Å². The number of aliphatic hydroxyl groups excluding tert-OH is 1. The molecule has 0 saturated carbocycles. The van der Waals surface area contributed by atoms with E-state index >= 15 is 0 Å². The Labute approximate surface area is 161 Å². The van der Waals surface area contributed by atoms with Gasteiger partial charge in [-0.1, -0.05) is 24.3 Å². The van der Waals surface area contributed by atoms with Gasteiger partial charge in [0, 0.05) is 12.1 Å². The van der Waals surface area contributed by atoms with E-state index in [1.807, 2.05) is 54.6 Å². The molecule has 1 aliphatic heterocycles. The summed E-state index contributed by atoms with van der Waals surface area (Å²) in [5, 5.41) is 17.4. The van der Waals surface area contributed by atoms with Crippen molar-refractivity contribution in [1.82, 2.24) is 14.6 Å². The Morgan fingerprint density at radius 2 is 1.93 bits per heavy atom. The first-order valence-electron chi connectivity index (χ1n) is 8.97. The van der Waals surface area contributed by atoms with Gasteiger partial charge in [-0.3, -0.25) is 0 Å². The zero-order chi connectivity index (χ0) is 18.9. The second-order valence-electron chi connectivity index (χ2n) is 6.53. The van der Waals surface area contributed by atoms with Crippen molar-refractivity contribution in [3.05, 3.63) is 71.9 Å². The second-order valence-corrected chi connectivity index (χ2v) is 6.53. The smallest absolute Gasteiger partial charge is 0.231 e. The molecule has 0 fully saturated rings. The molecule has 3 heterocycles. The number of hydrogen-bond acceptors (Lipinski definition) is 6. The fourth-order valence-electron chi connectivity index (χ4n) is 3.24. The van der Waals surface area contributed by atoms with Crippen LogP contribution in [0.25, 0.3) is 16.9 Å². The molecule has 28 heavy (non-hydrogen) atoms. The molecular formula is C21H18N4O3. The molecule has 0 atom stereocenters.